The van der Waals surface area contributed by atoms with E-state index in [1.54, 1.807) is 17.0 Å². The average Bonchev–Trinajstić information content (AvgIpc) is 3.06. The van der Waals surface area contributed by atoms with Crippen LogP contribution in [0.4, 0.5) is 10.5 Å². The number of rotatable bonds is 4. The molecule has 1 unspecified atom stereocenters. The van der Waals surface area contributed by atoms with Gasteiger partial charge in [0.2, 0.25) is 0 Å². The van der Waals surface area contributed by atoms with E-state index in [9.17, 15) is 9.59 Å². The molecule has 3 amide bonds. The van der Waals surface area contributed by atoms with Crippen LogP contribution in [0.5, 0.6) is 0 Å². The van der Waals surface area contributed by atoms with Gasteiger partial charge in [-0.3, -0.25) is 9.69 Å². The predicted molar refractivity (Wildman–Crippen MR) is 92.4 cm³/mol. The van der Waals surface area contributed by atoms with E-state index in [1.165, 1.54) is 6.42 Å². The lowest BCUT2D eigenvalue weighted by Crippen LogP contribution is -2.46. The molecule has 2 fully saturated rings. The fraction of sp³-hybridized carbons (Fsp3) is 0.500. The minimum absolute atomic E-state index is 0. The number of carbonyl (C=O) groups excluding carboxylic acids is 2. The lowest BCUT2D eigenvalue weighted by molar-refractivity contribution is 0.0950. The topological polar surface area (TPSA) is 73.5 Å². The van der Waals surface area contributed by atoms with E-state index < -0.39 is 0 Å². The number of nitrogens with one attached hydrogen (secondary N) is 3. The third-order valence-corrected chi connectivity index (χ3v) is 4.17. The fourth-order valence-electron chi connectivity index (χ4n) is 2.94. The Morgan fingerprint density at radius 3 is 2.91 bits per heavy atom. The lowest BCUT2D eigenvalue weighted by atomic mass is 10.1. The van der Waals surface area contributed by atoms with E-state index in [4.69, 9.17) is 0 Å². The van der Waals surface area contributed by atoms with Gasteiger partial charge in [-0.2, -0.15) is 0 Å². The summed E-state index contributed by atoms with van der Waals surface area (Å²) in [4.78, 5) is 25.8. The Hall–Kier alpha value is -1.79. The van der Waals surface area contributed by atoms with Crippen molar-refractivity contribution in [2.45, 2.75) is 25.3 Å². The van der Waals surface area contributed by atoms with E-state index >= 15 is 0 Å². The summed E-state index contributed by atoms with van der Waals surface area (Å²) in [5.41, 5.74) is 1.36. The summed E-state index contributed by atoms with van der Waals surface area (Å²) in [5, 5.41) is 9.14. The summed E-state index contributed by atoms with van der Waals surface area (Å²) in [6.07, 6.45) is 3.18. The van der Waals surface area contributed by atoms with Crippen molar-refractivity contribution in [2.24, 2.45) is 0 Å². The van der Waals surface area contributed by atoms with Crippen LogP contribution >= 0.6 is 12.4 Å². The zero-order chi connectivity index (χ0) is 15.4. The molecule has 126 valence electrons. The number of benzene rings is 1. The van der Waals surface area contributed by atoms with Gasteiger partial charge in [-0.05, 0) is 44.0 Å². The highest BCUT2D eigenvalue weighted by Gasteiger charge is 2.20. The highest BCUT2D eigenvalue weighted by Crippen LogP contribution is 2.18. The molecule has 0 aromatic heterocycles. The van der Waals surface area contributed by atoms with Crippen molar-refractivity contribution in [3.05, 3.63) is 29.8 Å². The number of hydrogen-bond donors (Lipinski definition) is 3. The van der Waals surface area contributed by atoms with Crippen LogP contribution < -0.4 is 20.9 Å². The van der Waals surface area contributed by atoms with Gasteiger partial charge >= 0.3 is 6.03 Å². The molecule has 3 N–H and O–H groups in total. The van der Waals surface area contributed by atoms with Gasteiger partial charge in [0.15, 0.2) is 0 Å². The first kappa shape index (κ1) is 17.6. The SMILES string of the molecule is Cl.O=C(NCC1CCCN1)c1cccc(N2CCCNC2=O)c1. The summed E-state index contributed by atoms with van der Waals surface area (Å²) in [6.45, 7) is 3.07. The predicted octanol–water partition coefficient (Wildman–Crippen LogP) is 1.51. The standard InChI is InChI=1S/C16H22N4O2.ClH/c21-15(19-11-13-5-2-7-17-13)12-4-1-6-14(10-12)20-9-3-8-18-16(20)22;/h1,4,6,10,13,17H,2-3,5,7-9,11H2,(H,18,22)(H,19,21);1H. The molecule has 0 bridgehead atoms. The number of halogens is 1. The van der Waals surface area contributed by atoms with Gasteiger partial charge in [-0.25, -0.2) is 4.79 Å². The number of urea groups is 1. The van der Waals surface area contributed by atoms with Gasteiger partial charge in [-0.15, -0.1) is 12.4 Å². The third kappa shape index (κ3) is 4.36. The molecule has 0 spiro atoms. The monoisotopic (exact) mass is 338 g/mol. The summed E-state index contributed by atoms with van der Waals surface area (Å²) in [5.74, 6) is -0.0898. The third-order valence-electron chi connectivity index (χ3n) is 4.17. The van der Waals surface area contributed by atoms with Gasteiger partial charge in [0.05, 0.1) is 0 Å². The Bertz CT molecular complexity index is 561. The quantitative estimate of drug-likeness (QED) is 0.779. The fourth-order valence-corrected chi connectivity index (χ4v) is 2.94. The molecule has 6 nitrogen and oxygen atoms in total. The van der Waals surface area contributed by atoms with Crippen molar-refractivity contribution in [3.63, 3.8) is 0 Å². The maximum atomic E-state index is 12.3. The Morgan fingerprint density at radius 2 is 2.17 bits per heavy atom. The minimum Gasteiger partial charge on any atom is -0.350 e. The summed E-state index contributed by atoms with van der Waals surface area (Å²) in [6, 6.07) is 7.52. The molecule has 1 aromatic rings. The van der Waals surface area contributed by atoms with Crippen molar-refractivity contribution in [1.82, 2.24) is 16.0 Å². The van der Waals surface area contributed by atoms with Gasteiger partial charge < -0.3 is 16.0 Å². The number of hydrogen-bond acceptors (Lipinski definition) is 3. The number of carbonyl (C=O) groups is 2. The van der Waals surface area contributed by atoms with E-state index in [0.29, 0.717) is 31.2 Å². The molecular weight excluding hydrogens is 316 g/mol. The van der Waals surface area contributed by atoms with E-state index in [1.807, 2.05) is 12.1 Å². The van der Waals surface area contributed by atoms with Crippen LogP contribution in [-0.4, -0.2) is 44.2 Å². The van der Waals surface area contributed by atoms with Crippen molar-refractivity contribution >= 4 is 30.0 Å². The number of anilines is 1. The Balaban J connectivity index is 0.00000192. The number of amides is 3. The molecule has 2 aliphatic heterocycles. The summed E-state index contributed by atoms with van der Waals surface area (Å²) in [7, 11) is 0. The lowest BCUT2D eigenvalue weighted by Gasteiger charge is -2.27. The minimum atomic E-state index is -0.0982. The second kappa shape index (κ2) is 8.17. The molecule has 0 aliphatic carbocycles. The molecule has 0 saturated carbocycles. The summed E-state index contributed by atoms with van der Waals surface area (Å²) >= 11 is 0. The van der Waals surface area contributed by atoms with Crippen LogP contribution in [0, 0.1) is 0 Å². The Morgan fingerprint density at radius 1 is 1.30 bits per heavy atom. The highest BCUT2D eigenvalue weighted by atomic mass is 35.5. The first-order valence-electron chi connectivity index (χ1n) is 7.91. The molecule has 2 aliphatic rings. The van der Waals surface area contributed by atoms with Crippen LogP contribution in [0.15, 0.2) is 24.3 Å². The van der Waals surface area contributed by atoms with Gasteiger partial charge in [0.25, 0.3) is 5.91 Å². The van der Waals surface area contributed by atoms with Gasteiger partial charge in [0.1, 0.15) is 0 Å². The number of nitrogens with zero attached hydrogens (tertiary/aromatic N) is 1. The van der Waals surface area contributed by atoms with Crippen LogP contribution in [0.25, 0.3) is 0 Å². The summed E-state index contributed by atoms with van der Waals surface area (Å²) < 4.78 is 0. The molecule has 0 radical (unpaired) electrons. The largest absolute Gasteiger partial charge is 0.350 e. The molecule has 23 heavy (non-hydrogen) atoms. The molecule has 1 aromatic carbocycles. The maximum Gasteiger partial charge on any atom is 0.321 e. The Kier molecular flexibility index (Phi) is 6.24. The zero-order valence-electron chi connectivity index (χ0n) is 13.0. The molecular formula is C16H23ClN4O2. The van der Waals surface area contributed by atoms with Crippen molar-refractivity contribution in [2.75, 3.05) is 31.1 Å². The van der Waals surface area contributed by atoms with Gasteiger partial charge in [0, 0.05) is 36.9 Å². The van der Waals surface area contributed by atoms with Crippen molar-refractivity contribution < 1.29 is 9.59 Å². The normalized spacial score (nSPS) is 20.6. The average molecular weight is 339 g/mol. The van der Waals surface area contributed by atoms with Crippen LogP contribution in [0.2, 0.25) is 0 Å². The highest BCUT2D eigenvalue weighted by molar-refractivity contribution is 5.97. The molecule has 7 heteroatoms. The van der Waals surface area contributed by atoms with Crippen LogP contribution in [-0.2, 0) is 0 Å². The van der Waals surface area contributed by atoms with E-state index in [2.05, 4.69) is 16.0 Å². The smallest absolute Gasteiger partial charge is 0.321 e. The Labute approximate surface area is 142 Å². The van der Waals surface area contributed by atoms with Crippen molar-refractivity contribution in [1.29, 1.82) is 0 Å². The first-order chi connectivity index (χ1) is 10.7. The zero-order valence-corrected chi connectivity index (χ0v) is 13.8. The van der Waals surface area contributed by atoms with Crippen molar-refractivity contribution in [3.8, 4) is 0 Å². The van der Waals surface area contributed by atoms with Crippen LogP contribution in [0.1, 0.15) is 29.6 Å². The maximum absolute atomic E-state index is 12.3. The second-order valence-corrected chi connectivity index (χ2v) is 5.79. The molecule has 3 rings (SSSR count). The second-order valence-electron chi connectivity index (χ2n) is 5.79. The molecule has 2 heterocycles. The van der Waals surface area contributed by atoms with Gasteiger partial charge in [-0.1, -0.05) is 6.07 Å². The van der Waals surface area contributed by atoms with Crippen LogP contribution in [0.3, 0.4) is 0 Å². The van der Waals surface area contributed by atoms with E-state index in [0.717, 1.165) is 25.1 Å². The molecule has 1 atom stereocenters. The molecule has 2 saturated heterocycles. The first-order valence-corrected chi connectivity index (χ1v) is 7.91. The van der Waals surface area contributed by atoms with E-state index in [-0.39, 0.29) is 24.3 Å².